The van der Waals surface area contributed by atoms with Gasteiger partial charge in [0.2, 0.25) is 0 Å². The highest BCUT2D eigenvalue weighted by Crippen LogP contribution is 2.20. The van der Waals surface area contributed by atoms with Crippen LogP contribution in [0.3, 0.4) is 0 Å². The molecule has 0 radical (unpaired) electrons. The number of nitrogens with zero attached hydrogens (tertiary/aromatic N) is 1. The van der Waals surface area contributed by atoms with Gasteiger partial charge in [-0.1, -0.05) is 55.5 Å². The third-order valence-electron chi connectivity index (χ3n) is 3.82. The largest absolute Gasteiger partial charge is 0.386 e. The second-order valence-corrected chi connectivity index (χ2v) is 5.32. The predicted molar refractivity (Wildman–Crippen MR) is 86.2 cm³/mol. The monoisotopic (exact) mass is 277 g/mol. The van der Waals surface area contributed by atoms with Crippen LogP contribution in [-0.2, 0) is 12.8 Å². The molecule has 3 aromatic rings. The summed E-state index contributed by atoms with van der Waals surface area (Å²) in [5.41, 5.74) is 4.11. The van der Waals surface area contributed by atoms with Crippen LogP contribution in [0, 0.1) is 0 Å². The van der Waals surface area contributed by atoms with Gasteiger partial charge in [-0.05, 0) is 29.7 Å². The van der Waals surface area contributed by atoms with Crippen molar-refractivity contribution in [2.45, 2.75) is 25.9 Å². The minimum absolute atomic E-state index is 0.568. The van der Waals surface area contributed by atoms with Crippen molar-refractivity contribution in [2.24, 2.45) is 0 Å². The molecule has 1 aromatic heterocycles. The van der Waals surface area contributed by atoms with Crippen LogP contribution in [0.5, 0.6) is 0 Å². The molecule has 0 aliphatic carbocycles. The molecule has 1 N–H and O–H groups in total. The number of hydrogen-bond donors (Lipinski definition) is 1. The van der Waals surface area contributed by atoms with E-state index in [2.05, 4.69) is 36.2 Å². The maximum absolute atomic E-state index is 10.4. The Kier molecular flexibility index (Phi) is 3.98. The van der Waals surface area contributed by atoms with Crippen molar-refractivity contribution in [1.82, 2.24) is 4.98 Å². The summed E-state index contributed by atoms with van der Waals surface area (Å²) >= 11 is 0. The van der Waals surface area contributed by atoms with Crippen LogP contribution in [-0.4, -0.2) is 10.1 Å². The van der Waals surface area contributed by atoms with Gasteiger partial charge in [0, 0.05) is 11.8 Å². The quantitative estimate of drug-likeness (QED) is 0.779. The van der Waals surface area contributed by atoms with Crippen molar-refractivity contribution in [1.29, 1.82) is 0 Å². The van der Waals surface area contributed by atoms with Gasteiger partial charge in [0.15, 0.2) is 0 Å². The zero-order chi connectivity index (χ0) is 14.7. The van der Waals surface area contributed by atoms with E-state index in [9.17, 15) is 5.11 Å². The van der Waals surface area contributed by atoms with Gasteiger partial charge in [-0.2, -0.15) is 0 Å². The lowest BCUT2D eigenvalue weighted by Crippen LogP contribution is -2.04. The van der Waals surface area contributed by atoms with E-state index in [0.717, 1.165) is 28.6 Å². The summed E-state index contributed by atoms with van der Waals surface area (Å²) in [4.78, 5) is 4.56. The van der Waals surface area contributed by atoms with E-state index in [1.54, 1.807) is 0 Å². The molecule has 0 bridgehead atoms. The van der Waals surface area contributed by atoms with Crippen LogP contribution in [0.25, 0.3) is 10.9 Å². The molecule has 3 rings (SSSR count). The summed E-state index contributed by atoms with van der Waals surface area (Å²) in [6, 6.07) is 20.3. The minimum atomic E-state index is -0.568. The van der Waals surface area contributed by atoms with Crippen molar-refractivity contribution in [3.8, 4) is 0 Å². The van der Waals surface area contributed by atoms with E-state index in [0.29, 0.717) is 6.42 Å². The fourth-order valence-corrected chi connectivity index (χ4v) is 2.51. The average Bonchev–Trinajstić information content (AvgIpc) is 2.55. The molecule has 21 heavy (non-hydrogen) atoms. The Bertz CT molecular complexity index is 734. The number of pyridine rings is 1. The predicted octanol–water partition coefficient (Wildman–Crippen LogP) is 4.07. The summed E-state index contributed by atoms with van der Waals surface area (Å²) in [7, 11) is 0. The molecule has 0 saturated heterocycles. The van der Waals surface area contributed by atoms with Crippen LogP contribution in [0.4, 0.5) is 0 Å². The lowest BCUT2D eigenvalue weighted by Gasteiger charge is -2.11. The molecule has 2 heteroatoms. The Balaban J connectivity index is 1.80. The maximum atomic E-state index is 10.4. The topological polar surface area (TPSA) is 33.1 Å². The van der Waals surface area contributed by atoms with Gasteiger partial charge in [0.1, 0.15) is 0 Å². The molecular formula is C19H19NO. The lowest BCUT2D eigenvalue weighted by atomic mass is 10.0. The smallest absolute Gasteiger partial charge is 0.1000 e. The lowest BCUT2D eigenvalue weighted by molar-refractivity contribution is 0.174. The molecule has 0 saturated carbocycles. The van der Waals surface area contributed by atoms with Crippen molar-refractivity contribution < 1.29 is 5.11 Å². The summed E-state index contributed by atoms with van der Waals surface area (Å²) in [5.74, 6) is 0. The number of aliphatic hydroxyl groups is 1. The molecule has 0 amide bonds. The zero-order valence-electron chi connectivity index (χ0n) is 12.2. The van der Waals surface area contributed by atoms with Crippen molar-refractivity contribution in [3.05, 3.63) is 77.5 Å². The van der Waals surface area contributed by atoms with Gasteiger partial charge in [-0.25, -0.2) is 0 Å². The van der Waals surface area contributed by atoms with Crippen LogP contribution in [0.1, 0.15) is 29.8 Å². The van der Waals surface area contributed by atoms with E-state index in [1.165, 1.54) is 5.56 Å². The third kappa shape index (κ3) is 3.11. The molecule has 1 atom stereocenters. The molecule has 1 unspecified atom stereocenters. The number of rotatable bonds is 4. The van der Waals surface area contributed by atoms with Gasteiger partial charge < -0.3 is 5.11 Å². The van der Waals surface area contributed by atoms with Gasteiger partial charge in [-0.15, -0.1) is 0 Å². The fraction of sp³-hybridized carbons (Fsp3) is 0.211. The Morgan fingerprint density at radius 1 is 0.905 bits per heavy atom. The zero-order valence-corrected chi connectivity index (χ0v) is 12.2. The molecule has 106 valence electrons. The maximum Gasteiger partial charge on any atom is 0.1000 e. The normalized spacial score (nSPS) is 12.5. The molecule has 0 aliphatic heterocycles. The Morgan fingerprint density at radius 3 is 2.38 bits per heavy atom. The van der Waals surface area contributed by atoms with Crippen LogP contribution >= 0.6 is 0 Å². The fourth-order valence-electron chi connectivity index (χ4n) is 2.51. The molecule has 0 spiro atoms. The summed E-state index contributed by atoms with van der Waals surface area (Å²) < 4.78 is 0. The molecule has 1 heterocycles. The van der Waals surface area contributed by atoms with Crippen molar-refractivity contribution in [3.63, 3.8) is 0 Å². The third-order valence-corrected chi connectivity index (χ3v) is 3.82. The number of aromatic nitrogens is 1. The highest BCUT2D eigenvalue weighted by atomic mass is 16.3. The number of hydrogen-bond acceptors (Lipinski definition) is 2. The van der Waals surface area contributed by atoms with Crippen LogP contribution in [0.15, 0.2) is 60.7 Å². The first-order valence-corrected chi connectivity index (χ1v) is 7.38. The molecule has 2 nitrogen and oxygen atoms in total. The standard InChI is InChI=1S/C19H19NO/c1-2-14-7-9-15(10-8-14)13-19(21)18-12-11-16-5-3-4-6-17(16)20-18/h3-12,19,21H,2,13H2,1H3. The van der Waals surface area contributed by atoms with Gasteiger partial charge in [0.05, 0.1) is 17.3 Å². The first kappa shape index (κ1) is 13.8. The Hall–Kier alpha value is -2.19. The molecule has 2 aromatic carbocycles. The Morgan fingerprint density at radius 2 is 1.62 bits per heavy atom. The van der Waals surface area contributed by atoms with E-state index in [1.807, 2.05) is 36.4 Å². The van der Waals surface area contributed by atoms with E-state index in [4.69, 9.17) is 0 Å². The Labute approximate surface area is 125 Å². The summed E-state index contributed by atoms with van der Waals surface area (Å²) in [6.07, 6.45) is 1.06. The van der Waals surface area contributed by atoms with Crippen molar-refractivity contribution >= 4 is 10.9 Å². The van der Waals surface area contributed by atoms with Crippen LogP contribution in [0.2, 0.25) is 0 Å². The minimum Gasteiger partial charge on any atom is -0.386 e. The summed E-state index contributed by atoms with van der Waals surface area (Å²) in [6.45, 7) is 2.14. The van der Waals surface area contributed by atoms with E-state index >= 15 is 0 Å². The second-order valence-electron chi connectivity index (χ2n) is 5.32. The molecule has 0 fully saturated rings. The van der Waals surface area contributed by atoms with Crippen molar-refractivity contribution in [2.75, 3.05) is 0 Å². The second kappa shape index (κ2) is 6.06. The average molecular weight is 277 g/mol. The summed E-state index contributed by atoms with van der Waals surface area (Å²) in [5, 5.41) is 11.5. The van der Waals surface area contributed by atoms with Gasteiger partial charge in [0.25, 0.3) is 0 Å². The molecular weight excluding hydrogens is 258 g/mol. The van der Waals surface area contributed by atoms with Crippen LogP contribution < -0.4 is 0 Å². The van der Waals surface area contributed by atoms with E-state index < -0.39 is 6.10 Å². The van der Waals surface area contributed by atoms with Gasteiger partial charge >= 0.3 is 0 Å². The number of fused-ring (bicyclic) bond motifs is 1. The number of para-hydroxylation sites is 1. The number of aliphatic hydroxyl groups excluding tert-OH is 1. The SMILES string of the molecule is CCc1ccc(CC(O)c2ccc3ccccc3n2)cc1. The number of aryl methyl sites for hydroxylation is 1. The molecule has 0 aliphatic rings. The number of benzene rings is 2. The first-order valence-electron chi connectivity index (χ1n) is 7.38. The van der Waals surface area contributed by atoms with E-state index in [-0.39, 0.29) is 0 Å². The highest BCUT2D eigenvalue weighted by molar-refractivity contribution is 5.78. The highest BCUT2D eigenvalue weighted by Gasteiger charge is 2.10. The van der Waals surface area contributed by atoms with Gasteiger partial charge in [-0.3, -0.25) is 4.98 Å². The first-order chi connectivity index (χ1) is 10.3.